The van der Waals surface area contributed by atoms with E-state index in [1.54, 1.807) is 0 Å². The first-order chi connectivity index (χ1) is 9.17. The lowest BCUT2D eigenvalue weighted by Gasteiger charge is -2.13. The van der Waals surface area contributed by atoms with E-state index in [-0.39, 0.29) is 12.5 Å². The second-order valence-corrected chi connectivity index (χ2v) is 5.38. The molecular formula is C15H19ClN2O. The Kier molecular flexibility index (Phi) is 5.00. The Balaban J connectivity index is 1.87. The van der Waals surface area contributed by atoms with Gasteiger partial charge in [0.25, 0.3) is 0 Å². The minimum Gasteiger partial charge on any atom is -0.396 e. The van der Waals surface area contributed by atoms with E-state index in [4.69, 9.17) is 11.6 Å². The zero-order chi connectivity index (χ0) is 13.7. The number of rotatable bonds is 6. The molecule has 1 unspecified atom stereocenters. The van der Waals surface area contributed by atoms with Gasteiger partial charge in [-0.2, -0.15) is 5.10 Å². The van der Waals surface area contributed by atoms with Crippen molar-refractivity contribution in [3.8, 4) is 0 Å². The maximum absolute atomic E-state index is 9.48. The van der Waals surface area contributed by atoms with Crippen molar-refractivity contribution in [2.24, 2.45) is 13.0 Å². The van der Waals surface area contributed by atoms with Gasteiger partial charge in [-0.05, 0) is 48.4 Å². The molecule has 0 bridgehead atoms. The molecule has 3 nitrogen and oxygen atoms in total. The monoisotopic (exact) mass is 278 g/mol. The van der Waals surface area contributed by atoms with Crippen molar-refractivity contribution in [2.45, 2.75) is 19.3 Å². The Labute approximate surface area is 118 Å². The van der Waals surface area contributed by atoms with Crippen LogP contribution in [0.25, 0.3) is 0 Å². The van der Waals surface area contributed by atoms with Crippen LogP contribution >= 0.6 is 11.6 Å². The van der Waals surface area contributed by atoms with E-state index >= 15 is 0 Å². The van der Waals surface area contributed by atoms with Crippen LogP contribution in [0.2, 0.25) is 5.02 Å². The Morgan fingerprint density at radius 2 is 2.00 bits per heavy atom. The number of hydrogen-bond acceptors (Lipinski definition) is 2. The molecule has 2 aromatic rings. The van der Waals surface area contributed by atoms with Crippen LogP contribution in [0.4, 0.5) is 0 Å². The van der Waals surface area contributed by atoms with Gasteiger partial charge in [0, 0.05) is 24.9 Å². The van der Waals surface area contributed by atoms with Crippen molar-refractivity contribution in [1.29, 1.82) is 0 Å². The second kappa shape index (κ2) is 6.73. The highest BCUT2D eigenvalue weighted by Crippen LogP contribution is 2.17. The van der Waals surface area contributed by atoms with Gasteiger partial charge in [0.15, 0.2) is 0 Å². The lowest BCUT2D eigenvalue weighted by atomic mass is 9.94. The normalized spacial score (nSPS) is 12.6. The van der Waals surface area contributed by atoms with Gasteiger partial charge in [-0.1, -0.05) is 23.7 Å². The second-order valence-electron chi connectivity index (χ2n) is 4.94. The Morgan fingerprint density at radius 3 is 2.58 bits per heavy atom. The summed E-state index contributed by atoms with van der Waals surface area (Å²) in [5.41, 5.74) is 2.44. The maximum atomic E-state index is 9.48. The molecule has 0 fully saturated rings. The third-order valence-electron chi connectivity index (χ3n) is 3.30. The van der Waals surface area contributed by atoms with Crippen LogP contribution in [-0.2, 0) is 19.9 Å². The summed E-state index contributed by atoms with van der Waals surface area (Å²) < 4.78 is 1.81. The van der Waals surface area contributed by atoms with Crippen molar-refractivity contribution in [3.05, 3.63) is 52.8 Å². The highest BCUT2D eigenvalue weighted by Gasteiger charge is 2.09. The summed E-state index contributed by atoms with van der Waals surface area (Å²) in [7, 11) is 1.92. The molecule has 1 aromatic heterocycles. The van der Waals surface area contributed by atoms with Crippen molar-refractivity contribution in [1.82, 2.24) is 9.78 Å². The SMILES string of the molecule is Cn1cc(CCC(CO)Cc2ccc(Cl)cc2)cn1. The molecule has 0 amide bonds. The number of hydrogen-bond donors (Lipinski definition) is 1. The molecule has 0 radical (unpaired) electrons. The van der Waals surface area contributed by atoms with E-state index in [2.05, 4.69) is 5.10 Å². The number of aromatic nitrogens is 2. The number of aliphatic hydroxyl groups excluding tert-OH is 1. The number of nitrogens with zero attached hydrogens (tertiary/aromatic N) is 2. The first-order valence-electron chi connectivity index (χ1n) is 6.50. The van der Waals surface area contributed by atoms with Crippen LogP contribution in [0.15, 0.2) is 36.7 Å². The first kappa shape index (κ1) is 14.1. The molecular weight excluding hydrogens is 260 g/mol. The Hall–Kier alpha value is -1.32. The highest BCUT2D eigenvalue weighted by atomic mass is 35.5. The van der Waals surface area contributed by atoms with E-state index in [0.29, 0.717) is 0 Å². The van der Waals surface area contributed by atoms with Crippen molar-refractivity contribution < 1.29 is 5.11 Å². The lowest BCUT2D eigenvalue weighted by molar-refractivity contribution is 0.218. The minimum atomic E-state index is 0.211. The van der Waals surface area contributed by atoms with Crippen molar-refractivity contribution in [2.75, 3.05) is 6.61 Å². The van der Waals surface area contributed by atoms with Gasteiger partial charge in [-0.25, -0.2) is 0 Å². The summed E-state index contributed by atoms with van der Waals surface area (Å²) in [4.78, 5) is 0. The summed E-state index contributed by atoms with van der Waals surface area (Å²) in [6.45, 7) is 0.211. The van der Waals surface area contributed by atoms with Crippen LogP contribution in [0.5, 0.6) is 0 Å². The maximum Gasteiger partial charge on any atom is 0.0521 e. The third-order valence-corrected chi connectivity index (χ3v) is 3.55. The summed E-state index contributed by atoms with van der Waals surface area (Å²) in [5, 5.41) is 14.4. The van der Waals surface area contributed by atoms with Crippen LogP contribution in [-0.4, -0.2) is 21.5 Å². The predicted octanol–water partition coefficient (Wildman–Crippen LogP) is 2.86. The molecule has 19 heavy (non-hydrogen) atoms. The van der Waals surface area contributed by atoms with Gasteiger partial charge in [-0.15, -0.1) is 0 Å². The average Bonchev–Trinajstić information content (AvgIpc) is 2.82. The van der Waals surface area contributed by atoms with Crippen molar-refractivity contribution >= 4 is 11.6 Å². The molecule has 2 rings (SSSR count). The molecule has 0 aliphatic carbocycles. The van der Waals surface area contributed by atoms with Crippen LogP contribution in [0.1, 0.15) is 17.5 Å². The molecule has 1 N–H and O–H groups in total. The summed E-state index contributed by atoms with van der Waals surface area (Å²) in [5.74, 6) is 0.279. The average molecular weight is 279 g/mol. The summed E-state index contributed by atoms with van der Waals surface area (Å²) in [6, 6.07) is 7.84. The zero-order valence-electron chi connectivity index (χ0n) is 11.1. The van der Waals surface area contributed by atoms with Gasteiger partial charge in [0.2, 0.25) is 0 Å². The van der Waals surface area contributed by atoms with E-state index in [0.717, 1.165) is 24.3 Å². The number of halogens is 1. The molecule has 102 valence electrons. The molecule has 4 heteroatoms. The number of aryl methyl sites for hydroxylation is 2. The molecule has 1 heterocycles. The van der Waals surface area contributed by atoms with E-state index < -0.39 is 0 Å². The Bertz CT molecular complexity index is 507. The molecule has 0 spiro atoms. The van der Waals surface area contributed by atoms with E-state index in [1.807, 2.05) is 48.4 Å². The van der Waals surface area contributed by atoms with Crippen LogP contribution in [0, 0.1) is 5.92 Å². The fourth-order valence-electron chi connectivity index (χ4n) is 2.18. The molecule has 0 aliphatic heterocycles. The number of benzene rings is 1. The fourth-order valence-corrected chi connectivity index (χ4v) is 2.31. The van der Waals surface area contributed by atoms with Crippen molar-refractivity contribution in [3.63, 3.8) is 0 Å². The Morgan fingerprint density at radius 1 is 1.26 bits per heavy atom. The summed E-state index contributed by atoms with van der Waals surface area (Å²) in [6.07, 6.45) is 6.71. The zero-order valence-corrected chi connectivity index (χ0v) is 11.8. The van der Waals surface area contributed by atoms with Crippen LogP contribution < -0.4 is 0 Å². The molecule has 0 aliphatic rings. The van der Waals surface area contributed by atoms with Gasteiger partial charge < -0.3 is 5.11 Å². The largest absolute Gasteiger partial charge is 0.396 e. The standard InChI is InChI=1S/C15H19ClN2O/c1-18-10-14(9-17-18)3-2-13(11-19)8-12-4-6-15(16)7-5-12/h4-7,9-10,13,19H,2-3,8,11H2,1H3. The minimum absolute atomic E-state index is 0.211. The first-order valence-corrected chi connectivity index (χ1v) is 6.88. The van der Waals surface area contributed by atoms with Crippen LogP contribution in [0.3, 0.4) is 0 Å². The van der Waals surface area contributed by atoms with Gasteiger partial charge in [-0.3, -0.25) is 4.68 Å². The molecule has 1 atom stereocenters. The number of aliphatic hydroxyl groups is 1. The topological polar surface area (TPSA) is 38.0 Å². The lowest BCUT2D eigenvalue weighted by Crippen LogP contribution is -2.10. The quantitative estimate of drug-likeness (QED) is 0.882. The summed E-state index contributed by atoms with van der Waals surface area (Å²) >= 11 is 5.87. The van der Waals surface area contributed by atoms with Gasteiger partial charge in [0.05, 0.1) is 6.20 Å². The smallest absolute Gasteiger partial charge is 0.0521 e. The van der Waals surface area contributed by atoms with Gasteiger partial charge >= 0.3 is 0 Å². The molecule has 1 aromatic carbocycles. The third kappa shape index (κ3) is 4.37. The predicted molar refractivity (Wildman–Crippen MR) is 77.3 cm³/mol. The molecule has 0 saturated heterocycles. The van der Waals surface area contributed by atoms with Gasteiger partial charge in [0.1, 0.15) is 0 Å². The highest BCUT2D eigenvalue weighted by molar-refractivity contribution is 6.30. The van der Waals surface area contributed by atoms with E-state index in [1.165, 1.54) is 11.1 Å². The molecule has 0 saturated carbocycles. The fraction of sp³-hybridized carbons (Fsp3) is 0.400. The van der Waals surface area contributed by atoms with E-state index in [9.17, 15) is 5.11 Å².